The predicted octanol–water partition coefficient (Wildman–Crippen LogP) is 3.45. The van der Waals surface area contributed by atoms with Gasteiger partial charge in [0.25, 0.3) is 0 Å². The van der Waals surface area contributed by atoms with Gasteiger partial charge in [-0.3, -0.25) is 0 Å². The van der Waals surface area contributed by atoms with Crippen molar-refractivity contribution >= 4 is 11.2 Å². The first-order valence-corrected chi connectivity index (χ1v) is 7.41. The minimum Gasteiger partial charge on any atom is -0.508 e. The monoisotopic (exact) mass is 279 g/mol. The number of nitrogens with zero attached hydrogens (tertiary/aromatic N) is 3. The molecule has 4 nitrogen and oxygen atoms in total. The van der Waals surface area contributed by atoms with Gasteiger partial charge in [0.15, 0.2) is 5.65 Å². The zero-order chi connectivity index (χ0) is 14.2. The lowest BCUT2D eigenvalue weighted by atomic mass is 9.92. The SMILES string of the molecule is Oc1ccccc1Cc1nc2cccnc2n1C1CCC1. The van der Waals surface area contributed by atoms with E-state index in [1.54, 1.807) is 6.07 Å². The number of para-hydroxylation sites is 1. The lowest BCUT2D eigenvalue weighted by Gasteiger charge is -2.28. The van der Waals surface area contributed by atoms with Crippen LogP contribution in [0, 0.1) is 0 Å². The Morgan fingerprint density at radius 1 is 1.14 bits per heavy atom. The summed E-state index contributed by atoms with van der Waals surface area (Å²) in [6.07, 6.45) is 6.11. The van der Waals surface area contributed by atoms with Crippen LogP contribution in [0.25, 0.3) is 11.2 Å². The van der Waals surface area contributed by atoms with Gasteiger partial charge in [-0.2, -0.15) is 0 Å². The van der Waals surface area contributed by atoms with Crippen LogP contribution in [-0.4, -0.2) is 19.6 Å². The summed E-state index contributed by atoms with van der Waals surface area (Å²) in [5.41, 5.74) is 2.82. The maximum atomic E-state index is 9.99. The van der Waals surface area contributed by atoms with E-state index in [0.29, 0.717) is 18.2 Å². The molecule has 0 spiro atoms. The Kier molecular flexibility index (Phi) is 2.88. The van der Waals surface area contributed by atoms with E-state index in [4.69, 9.17) is 4.98 Å². The van der Waals surface area contributed by atoms with E-state index in [9.17, 15) is 5.11 Å². The molecule has 1 fully saturated rings. The fraction of sp³-hybridized carbons (Fsp3) is 0.294. The maximum Gasteiger partial charge on any atom is 0.160 e. The van der Waals surface area contributed by atoms with E-state index in [1.807, 2.05) is 36.5 Å². The van der Waals surface area contributed by atoms with Crippen LogP contribution in [0.5, 0.6) is 5.75 Å². The number of rotatable bonds is 3. The summed E-state index contributed by atoms with van der Waals surface area (Å²) in [6.45, 7) is 0. The van der Waals surface area contributed by atoms with Crippen LogP contribution in [0.4, 0.5) is 0 Å². The number of hydrogen-bond acceptors (Lipinski definition) is 3. The Hall–Kier alpha value is -2.36. The molecule has 21 heavy (non-hydrogen) atoms. The summed E-state index contributed by atoms with van der Waals surface area (Å²) >= 11 is 0. The molecule has 0 bridgehead atoms. The summed E-state index contributed by atoms with van der Waals surface area (Å²) in [6, 6.07) is 11.9. The molecule has 3 aromatic rings. The van der Waals surface area contributed by atoms with Gasteiger partial charge in [-0.1, -0.05) is 18.2 Å². The highest BCUT2D eigenvalue weighted by atomic mass is 16.3. The number of pyridine rings is 1. The van der Waals surface area contributed by atoms with Gasteiger partial charge in [-0.05, 0) is 37.5 Å². The summed E-state index contributed by atoms with van der Waals surface area (Å²) < 4.78 is 2.27. The average molecular weight is 279 g/mol. The third-order valence-corrected chi connectivity index (χ3v) is 4.30. The van der Waals surface area contributed by atoms with Crippen molar-refractivity contribution in [2.24, 2.45) is 0 Å². The molecule has 0 saturated heterocycles. The zero-order valence-corrected chi connectivity index (χ0v) is 11.7. The van der Waals surface area contributed by atoms with Crippen LogP contribution in [0.2, 0.25) is 0 Å². The largest absolute Gasteiger partial charge is 0.508 e. The van der Waals surface area contributed by atoms with E-state index in [2.05, 4.69) is 9.55 Å². The first-order valence-electron chi connectivity index (χ1n) is 7.41. The molecule has 0 aliphatic heterocycles. The van der Waals surface area contributed by atoms with Crippen LogP contribution in [-0.2, 0) is 6.42 Å². The second kappa shape index (κ2) is 4.88. The molecular weight excluding hydrogens is 262 g/mol. The molecule has 4 heteroatoms. The van der Waals surface area contributed by atoms with Crippen molar-refractivity contribution in [2.45, 2.75) is 31.7 Å². The van der Waals surface area contributed by atoms with Crippen LogP contribution in [0.1, 0.15) is 36.7 Å². The van der Waals surface area contributed by atoms with Crippen molar-refractivity contribution in [1.29, 1.82) is 0 Å². The molecule has 0 unspecified atom stereocenters. The number of benzene rings is 1. The Morgan fingerprint density at radius 2 is 2.00 bits per heavy atom. The van der Waals surface area contributed by atoms with Crippen LogP contribution >= 0.6 is 0 Å². The van der Waals surface area contributed by atoms with Crippen LogP contribution in [0.15, 0.2) is 42.6 Å². The summed E-state index contributed by atoms with van der Waals surface area (Å²) in [4.78, 5) is 9.25. The smallest absolute Gasteiger partial charge is 0.160 e. The van der Waals surface area contributed by atoms with Crippen molar-refractivity contribution < 1.29 is 5.11 Å². The van der Waals surface area contributed by atoms with E-state index in [0.717, 1.165) is 22.6 Å². The van der Waals surface area contributed by atoms with Gasteiger partial charge in [0, 0.05) is 24.2 Å². The third kappa shape index (κ3) is 2.07. The van der Waals surface area contributed by atoms with Crippen molar-refractivity contribution in [3.63, 3.8) is 0 Å². The van der Waals surface area contributed by atoms with Crippen molar-refractivity contribution in [2.75, 3.05) is 0 Å². The number of imidazole rings is 1. The number of phenols is 1. The van der Waals surface area contributed by atoms with Crippen molar-refractivity contribution in [1.82, 2.24) is 14.5 Å². The highest BCUT2D eigenvalue weighted by molar-refractivity contribution is 5.71. The fourth-order valence-corrected chi connectivity index (χ4v) is 2.96. The van der Waals surface area contributed by atoms with E-state index < -0.39 is 0 Å². The molecular formula is C17H17N3O. The number of hydrogen-bond donors (Lipinski definition) is 1. The Bertz CT molecular complexity index is 790. The third-order valence-electron chi connectivity index (χ3n) is 4.30. The minimum absolute atomic E-state index is 0.331. The summed E-state index contributed by atoms with van der Waals surface area (Å²) in [7, 11) is 0. The molecule has 1 aliphatic rings. The van der Waals surface area contributed by atoms with Gasteiger partial charge < -0.3 is 9.67 Å². The van der Waals surface area contributed by atoms with Crippen LogP contribution < -0.4 is 0 Å². The fourth-order valence-electron chi connectivity index (χ4n) is 2.96. The second-order valence-corrected chi connectivity index (χ2v) is 5.63. The molecule has 1 aliphatic carbocycles. The van der Waals surface area contributed by atoms with Crippen molar-refractivity contribution in [3.8, 4) is 5.75 Å². The van der Waals surface area contributed by atoms with Gasteiger partial charge in [0.1, 0.15) is 17.1 Å². The molecule has 106 valence electrons. The highest BCUT2D eigenvalue weighted by Crippen LogP contribution is 2.35. The first kappa shape index (κ1) is 12.4. The summed E-state index contributed by atoms with van der Waals surface area (Å²) in [5, 5.41) is 9.99. The van der Waals surface area contributed by atoms with Crippen LogP contribution in [0.3, 0.4) is 0 Å². The van der Waals surface area contributed by atoms with Crippen molar-refractivity contribution in [3.05, 3.63) is 54.0 Å². The van der Waals surface area contributed by atoms with Gasteiger partial charge in [0.2, 0.25) is 0 Å². The van der Waals surface area contributed by atoms with E-state index in [1.165, 1.54) is 19.3 Å². The zero-order valence-electron chi connectivity index (χ0n) is 11.7. The molecule has 0 radical (unpaired) electrons. The molecule has 1 N–H and O–H groups in total. The predicted molar refractivity (Wildman–Crippen MR) is 81.3 cm³/mol. The molecule has 1 aromatic carbocycles. The Labute approximate surface area is 123 Å². The first-order chi connectivity index (χ1) is 10.3. The van der Waals surface area contributed by atoms with E-state index >= 15 is 0 Å². The number of aromatic hydroxyl groups is 1. The Balaban J connectivity index is 1.82. The Morgan fingerprint density at radius 3 is 2.76 bits per heavy atom. The number of phenolic OH excluding ortho intramolecular Hbond substituents is 1. The van der Waals surface area contributed by atoms with Gasteiger partial charge >= 0.3 is 0 Å². The van der Waals surface area contributed by atoms with Gasteiger partial charge in [-0.15, -0.1) is 0 Å². The summed E-state index contributed by atoms with van der Waals surface area (Å²) in [5.74, 6) is 1.33. The molecule has 2 heterocycles. The molecule has 0 amide bonds. The number of fused-ring (bicyclic) bond motifs is 1. The topological polar surface area (TPSA) is 50.9 Å². The number of aromatic nitrogens is 3. The standard InChI is InChI=1S/C17H17N3O/c21-15-9-2-1-5-12(15)11-16-19-14-8-4-10-18-17(14)20(16)13-6-3-7-13/h1-2,4-5,8-10,13,21H,3,6-7,11H2. The lowest BCUT2D eigenvalue weighted by molar-refractivity contribution is 0.313. The highest BCUT2D eigenvalue weighted by Gasteiger charge is 2.25. The molecule has 1 saturated carbocycles. The lowest BCUT2D eigenvalue weighted by Crippen LogP contribution is -2.19. The van der Waals surface area contributed by atoms with E-state index in [-0.39, 0.29) is 0 Å². The maximum absolute atomic E-state index is 9.99. The van der Waals surface area contributed by atoms with Gasteiger partial charge in [-0.25, -0.2) is 9.97 Å². The minimum atomic E-state index is 0.331. The quantitative estimate of drug-likeness (QED) is 0.799. The average Bonchev–Trinajstić information content (AvgIpc) is 2.78. The normalized spacial score (nSPS) is 15.2. The molecule has 2 aromatic heterocycles. The second-order valence-electron chi connectivity index (χ2n) is 5.63. The molecule has 4 rings (SSSR count). The van der Waals surface area contributed by atoms with Gasteiger partial charge in [0.05, 0.1) is 0 Å². The molecule has 0 atom stereocenters.